The number of aliphatic hydroxyl groups excluding tert-OH is 16. The maximum Gasteiger partial charge on any atom is 0.187 e. The Morgan fingerprint density at radius 1 is 0.389 bits per heavy atom. The van der Waals surface area contributed by atoms with E-state index in [2.05, 4.69) is 0 Å². The summed E-state index contributed by atoms with van der Waals surface area (Å²) in [5.41, 5.74) is 0. The summed E-state index contributed by atoms with van der Waals surface area (Å²) in [4.78, 5) is 0. The second kappa shape index (κ2) is 18.7. The molecule has 316 valence electrons. The molecule has 16 N–H and O–H groups in total. The van der Waals surface area contributed by atoms with Gasteiger partial charge in [-0.25, -0.2) is 0 Å². The van der Waals surface area contributed by atoms with Crippen molar-refractivity contribution < 1.29 is 124 Å². The highest BCUT2D eigenvalue weighted by Crippen LogP contribution is 2.34. The van der Waals surface area contributed by atoms with Crippen LogP contribution >= 0.6 is 0 Å². The van der Waals surface area contributed by atoms with Crippen LogP contribution in [0.3, 0.4) is 0 Å². The van der Waals surface area contributed by atoms with Crippen LogP contribution in [0.5, 0.6) is 0 Å². The Morgan fingerprint density at radius 3 is 1.41 bits per heavy atom. The minimum atomic E-state index is -2.09. The van der Waals surface area contributed by atoms with Crippen LogP contribution in [-0.2, 0) is 42.6 Å². The zero-order valence-electron chi connectivity index (χ0n) is 28.2. The summed E-state index contributed by atoms with van der Waals surface area (Å²) in [7, 11) is 0. The van der Waals surface area contributed by atoms with Crippen LogP contribution in [0.15, 0.2) is 0 Å². The van der Waals surface area contributed by atoms with Gasteiger partial charge in [-0.15, -0.1) is 0 Å². The molecule has 0 amide bonds. The predicted molar refractivity (Wildman–Crippen MR) is 161 cm³/mol. The van der Waals surface area contributed by atoms with Gasteiger partial charge in [0.25, 0.3) is 0 Å². The van der Waals surface area contributed by atoms with E-state index < -0.39 is 180 Å². The molecule has 5 heterocycles. The molecule has 0 aromatic rings. The van der Waals surface area contributed by atoms with E-state index in [4.69, 9.17) is 42.6 Å². The Labute approximate surface area is 305 Å². The maximum absolute atomic E-state index is 11.0. The van der Waals surface area contributed by atoms with Crippen LogP contribution in [-0.4, -0.2) is 262 Å². The molecule has 5 fully saturated rings. The third kappa shape index (κ3) is 9.00. The Bertz CT molecular complexity index is 1160. The molecular weight excluding hydrogens is 748 g/mol. The molecule has 0 radical (unpaired) electrons. The van der Waals surface area contributed by atoms with Crippen LogP contribution in [0.1, 0.15) is 0 Å². The second-order valence-corrected chi connectivity index (χ2v) is 13.5. The summed E-state index contributed by atoms with van der Waals surface area (Å²) in [6, 6.07) is 0. The molecular formula is C29H50O25. The van der Waals surface area contributed by atoms with Crippen LogP contribution in [0.4, 0.5) is 0 Å². The number of hydrogen-bond acceptors (Lipinski definition) is 25. The number of hydrogen-bond donors (Lipinski definition) is 16. The molecule has 1 unspecified atom stereocenters. The van der Waals surface area contributed by atoms with Gasteiger partial charge >= 0.3 is 0 Å². The average Bonchev–Trinajstić information content (AvgIpc) is 3.16. The molecule has 5 saturated heterocycles. The minimum absolute atomic E-state index is 0.524. The number of rotatable bonds is 12. The van der Waals surface area contributed by atoms with Crippen molar-refractivity contribution in [3.05, 3.63) is 0 Å². The molecule has 24 atom stereocenters. The summed E-state index contributed by atoms with van der Waals surface area (Å²) in [5.74, 6) is 0. The Morgan fingerprint density at radius 2 is 0.833 bits per heavy atom. The van der Waals surface area contributed by atoms with E-state index in [0.29, 0.717) is 0 Å². The fourth-order valence-electron chi connectivity index (χ4n) is 6.59. The highest BCUT2D eigenvalue weighted by Gasteiger charge is 2.55. The molecule has 5 aliphatic rings. The van der Waals surface area contributed by atoms with E-state index in [1.54, 1.807) is 0 Å². The fourth-order valence-corrected chi connectivity index (χ4v) is 6.59. The first-order valence-corrected chi connectivity index (χ1v) is 17.0. The standard InChI is InChI=1S/C29H50O25/c30-1-7-12(35)16(39)20(43)27(49-7)53-23-18(41)13(36)8(2-31)50-29(23)47-5-10-14(37)17(40)21(44)28(51-10)52-22-15(38)9(3-32)48-25(45)24(22)54-26-19(42)11(34)6(33)4-46-26/h6-45H,1-5H2/t6-,7-,8-,9-,10-,11+,12-,13-,14-,15-,16+,17+,18+,19-,20+,21+,22+,23+,24+,25?,26+,27-,28-,29+/m1/s1. The highest BCUT2D eigenvalue weighted by atomic mass is 16.8. The normalized spacial score (nSPS) is 53.3. The third-order valence-corrected chi connectivity index (χ3v) is 9.91. The monoisotopic (exact) mass is 798 g/mol. The second-order valence-electron chi connectivity index (χ2n) is 13.5. The number of ether oxygens (including phenoxy) is 9. The van der Waals surface area contributed by atoms with Gasteiger partial charge in [0.1, 0.15) is 116 Å². The minimum Gasteiger partial charge on any atom is -0.394 e. The van der Waals surface area contributed by atoms with Crippen molar-refractivity contribution in [2.75, 3.05) is 33.0 Å². The van der Waals surface area contributed by atoms with E-state index in [0.717, 1.165) is 0 Å². The summed E-state index contributed by atoms with van der Waals surface area (Å²) < 4.78 is 49.4. The first kappa shape index (κ1) is 44.1. The molecule has 5 aliphatic heterocycles. The first-order chi connectivity index (χ1) is 25.5. The smallest absolute Gasteiger partial charge is 0.187 e. The van der Waals surface area contributed by atoms with Crippen molar-refractivity contribution in [1.29, 1.82) is 0 Å². The van der Waals surface area contributed by atoms with Crippen LogP contribution < -0.4 is 0 Å². The summed E-state index contributed by atoms with van der Waals surface area (Å²) in [5, 5.41) is 165. The van der Waals surface area contributed by atoms with Gasteiger partial charge in [-0.05, 0) is 0 Å². The molecule has 0 spiro atoms. The van der Waals surface area contributed by atoms with Crippen molar-refractivity contribution in [2.45, 2.75) is 147 Å². The largest absolute Gasteiger partial charge is 0.394 e. The van der Waals surface area contributed by atoms with Crippen molar-refractivity contribution >= 4 is 0 Å². The Balaban J connectivity index is 1.32. The molecule has 0 aromatic heterocycles. The van der Waals surface area contributed by atoms with E-state index in [1.807, 2.05) is 0 Å². The third-order valence-electron chi connectivity index (χ3n) is 9.91. The SMILES string of the molecule is OC[C@H]1O[C@H](O[C@@H]2[C@@H](OC[C@H]3O[C@H](O[C@H]4[C@H](O)[C@@H](CO)OC(O)[C@H]4O[C@@H]4OC[C@@H](O)[C@H](O)[C@H]4O)[C@@H](O)[C@@H](O)[C@@H]3O)O[C@H](CO)[C@@H](O)[C@@H]2O)[C@@H](O)[C@@H](O)[C@@H]1O. The van der Waals surface area contributed by atoms with Gasteiger partial charge < -0.3 is 124 Å². The van der Waals surface area contributed by atoms with Gasteiger partial charge in [0.05, 0.1) is 33.0 Å². The first-order valence-electron chi connectivity index (χ1n) is 17.0. The van der Waals surface area contributed by atoms with Crippen molar-refractivity contribution in [2.24, 2.45) is 0 Å². The molecule has 0 bridgehead atoms. The zero-order chi connectivity index (χ0) is 39.8. The van der Waals surface area contributed by atoms with Gasteiger partial charge in [0, 0.05) is 0 Å². The highest BCUT2D eigenvalue weighted by molar-refractivity contribution is 4.97. The van der Waals surface area contributed by atoms with Crippen molar-refractivity contribution in [3.63, 3.8) is 0 Å². The van der Waals surface area contributed by atoms with Gasteiger partial charge in [0.2, 0.25) is 0 Å². The lowest BCUT2D eigenvalue weighted by Crippen LogP contribution is -2.66. The van der Waals surface area contributed by atoms with Crippen LogP contribution in [0.2, 0.25) is 0 Å². The van der Waals surface area contributed by atoms with Gasteiger partial charge in [-0.1, -0.05) is 0 Å². The average molecular weight is 799 g/mol. The summed E-state index contributed by atoms with van der Waals surface area (Å²) >= 11 is 0. The molecule has 25 nitrogen and oxygen atoms in total. The Kier molecular flexibility index (Phi) is 15.3. The van der Waals surface area contributed by atoms with E-state index in [-0.39, 0.29) is 0 Å². The molecule has 54 heavy (non-hydrogen) atoms. The fraction of sp³-hybridized carbons (Fsp3) is 1.00. The topological polar surface area (TPSA) is 407 Å². The lowest BCUT2D eigenvalue weighted by molar-refractivity contribution is -0.388. The van der Waals surface area contributed by atoms with E-state index in [9.17, 15) is 81.7 Å². The predicted octanol–water partition coefficient (Wildman–Crippen LogP) is -11.3. The lowest BCUT2D eigenvalue weighted by atomic mass is 9.96. The van der Waals surface area contributed by atoms with Crippen molar-refractivity contribution in [3.8, 4) is 0 Å². The molecule has 0 aliphatic carbocycles. The number of aliphatic hydroxyl groups is 16. The van der Waals surface area contributed by atoms with Gasteiger partial charge in [-0.2, -0.15) is 0 Å². The zero-order valence-corrected chi connectivity index (χ0v) is 28.2. The quantitative estimate of drug-likeness (QED) is 0.0871. The van der Waals surface area contributed by atoms with Crippen LogP contribution in [0, 0.1) is 0 Å². The molecule has 0 saturated carbocycles. The van der Waals surface area contributed by atoms with E-state index >= 15 is 0 Å². The van der Waals surface area contributed by atoms with E-state index in [1.165, 1.54) is 0 Å². The van der Waals surface area contributed by atoms with Crippen molar-refractivity contribution in [1.82, 2.24) is 0 Å². The maximum atomic E-state index is 11.0. The van der Waals surface area contributed by atoms with Crippen LogP contribution in [0.25, 0.3) is 0 Å². The summed E-state index contributed by atoms with van der Waals surface area (Å²) in [6.45, 7) is -3.93. The lowest BCUT2D eigenvalue weighted by Gasteiger charge is -2.48. The molecule has 25 heteroatoms. The molecule has 5 rings (SSSR count). The van der Waals surface area contributed by atoms with Gasteiger partial charge in [0.15, 0.2) is 31.5 Å². The molecule has 0 aromatic carbocycles. The summed E-state index contributed by atoms with van der Waals surface area (Å²) in [6.07, 6.45) is -43.7. The Hall–Kier alpha value is -1.00. The van der Waals surface area contributed by atoms with Gasteiger partial charge in [-0.3, -0.25) is 0 Å².